The van der Waals surface area contributed by atoms with Gasteiger partial charge in [-0.15, -0.1) is 11.3 Å². The molecule has 0 saturated heterocycles. The number of fused-ring (bicyclic) bond motifs is 1. The van der Waals surface area contributed by atoms with Crippen molar-refractivity contribution in [1.29, 1.82) is 0 Å². The number of aromatic nitrogens is 2. The molecular weight excluding hydrogens is 349 g/mol. The number of hydrazone groups is 1. The van der Waals surface area contributed by atoms with Gasteiger partial charge in [-0.05, 0) is 29.1 Å². The summed E-state index contributed by atoms with van der Waals surface area (Å²) in [5.41, 5.74) is 11.1. The number of halogens is 1. The lowest BCUT2D eigenvalue weighted by molar-refractivity contribution is 0.602. The van der Waals surface area contributed by atoms with E-state index in [0.29, 0.717) is 23.1 Å². The molecule has 0 fully saturated rings. The molecule has 0 bridgehead atoms. The normalized spacial score (nSPS) is 11.4. The first-order chi connectivity index (χ1) is 12.7. The van der Waals surface area contributed by atoms with Gasteiger partial charge in [0.05, 0.1) is 12.8 Å². The lowest BCUT2D eigenvalue weighted by Crippen LogP contribution is -2.00. The first-order valence-electron chi connectivity index (χ1n) is 8.01. The van der Waals surface area contributed by atoms with Crippen molar-refractivity contribution in [3.63, 3.8) is 0 Å². The van der Waals surface area contributed by atoms with Crippen molar-refractivity contribution < 1.29 is 4.39 Å². The molecule has 130 valence electrons. The van der Waals surface area contributed by atoms with Crippen molar-refractivity contribution in [2.75, 3.05) is 11.2 Å². The number of nitrogens with zero attached hydrogens (tertiary/aromatic N) is 3. The van der Waals surface area contributed by atoms with Crippen molar-refractivity contribution in [1.82, 2.24) is 9.55 Å². The molecule has 7 heteroatoms. The minimum absolute atomic E-state index is 0.195. The highest BCUT2D eigenvalue weighted by molar-refractivity contribution is 7.14. The van der Waals surface area contributed by atoms with E-state index in [1.54, 1.807) is 23.7 Å². The van der Waals surface area contributed by atoms with E-state index in [-0.39, 0.29) is 5.82 Å². The van der Waals surface area contributed by atoms with Crippen LogP contribution in [0.2, 0.25) is 0 Å². The van der Waals surface area contributed by atoms with E-state index in [1.165, 1.54) is 17.4 Å². The smallest absolute Gasteiger partial charge is 0.205 e. The summed E-state index contributed by atoms with van der Waals surface area (Å²) < 4.78 is 16.0. The molecule has 0 aliphatic carbocycles. The van der Waals surface area contributed by atoms with Crippen molar-refractivity contribution in [2.45, 2.75) is 6.54 Å². The number of nitrogen functional groups attached to an aromatic ring is 1. The van der Waals surface area contributed by atoms with Crippen molar-refractivity contribution in [2.24, 2.45) is 5.10 Å². The number of nitrogens with one attached hydrogen (secondary N) is 1. The lowest BCUT2D eigenvalue weighted by Gasteiger charge is -2.07. The molecule has 0 aliphatic rings. The van der Waals surface area contributed by atoms with E-state index in [2.05, 4.69) is 15.5 Å². The second-order valence-electron chi connectivity index (χ2n) is 5.80. The van der Waals surface area contributed by atoms with Gasteiger partial charge in [0.15, 0.2) is 0 Å². The molecule has 0 radical (unpaired) electrons. The average molecular weight is 365 g/mol. The lowest BCUT2D eigenvalue weighted by atomic mass is 10.1. The summed E-state index contributed by atoms with van der Waals surface area (Å²) in [6, 6.07) is 14.9. The molecule has 3 N–H and O–H groups in total. The zero-order valence-electron chi connectivity index (χ0n) is 13.8. The van der Waals surface area contributed by atoms with Crippen LogP contribution in [0.25, 0.3) is 10.9 Å². The minimum atomic E-state index is -0.195. The van der Waals surface area contributed by atoms with E-state index in [1.807, 2.05) is 41.1 Å². The number of thiazole rings is 1. The van der Waals surface area contributed by atoms with Gasteiger partial charge >= 0.3 is 0 Å². The maximum atomic E-state index is 13.9. The first-order valence-corrected chi connectivity index (χ1v) is 8.89. The Morgan fingerprint density at radius 2 is 2.12 bits per heavy atom. The number of rotatable bonds is 5. The molecule has 0 atom stereocenters. The molecule has 2 aromatic heterocycles. The molecule has 0 unspecified atom stereocenters. The molecule has 0 saturated carbocycles. The summed E-state index contributed by atoms with van der Waals surface area (Å²) in [5, 5.41) is 7.68. The minimum Gasteiger partial charge on any atom is -0.383 e. The van der Waals surface area contributed by atoms with Gasteiger partial charge in [-0.2, -0.15) is 5.10 Å². The van der Waals surface area contributed by atoms with Crippen LogP contribution < -0.4 is 11.2 Å². The highest BCUT2D eigenvalue weighted by atomic mass is 32.1. The number of hydrogen-bond acceptors (Lipinski definition) is 5. The molecule has 0 aliphatic heterocycles. The summed E-state index contributed by atoms with van der Waals surface area (Å²) in [7, 11) is 0. The summed E-state index contributed by atoms with van der Waals surface area (Å²) in [5.74, 6) is 0.277. The molecule has 5 nitrogen and oxygen atoms in total. The fourth-order valence-corrected chi connectivity index (χ4v) is 3.28. The van der Waals surface area contributed by atoms with Crippen LogP contribution in [0, 0.1) is 5.82 Å². The van der Waals surface area contributed by atoms with Gasteiger partial charge in [-0.3, -0.25) is 5.43 Å². The molecule has 4 rings (SSSR count). The largest absolute Gasteiger partial charge is 0.383 e. The Hall–Kier alpha value is -3.19. The van der Waals surface area contributed by atoms with Crippen LogP contribution in [-0.4, -0.2) is 15.8 Å². The van der Waals surface area contributed by atoms with E-state index in [9.17, 15) is 4.39 Å². The van der Waals surface area contributed by atoms with Crippen molar-refractivity contribution in [3.8, 4) is 0 Å². The van der Waals surface area contributed by atoms with Crippen molar-refractivity contribution >= 4 is 39.4 Å². The van der Waals surface area contributed by atoms with Gasteiger partial charge in [0.2, 0.25) is 5.13 Å². The maximum Gasteiger partial charge on any atom is 0.205 e. The molecule has 2 heterocycles. The van der Waals surface area contributed by atoms with Gasteiger partial charge < -0.3 is 10.3 Å². The standard InChI is InChI=1S/C19H16FN5S/c20-16-4-2-1-3-15(16)11-25-8-7-14-6-5-13(9-17(14)25)10-22-24-19-23-18(21)12-26-19/h1-10,12H,11,21H2,(H,23,24). The highest BCUT2D eigenvalue weighted by Gasteiger charge is 2.06. The van der Waals surface area contributed by atoms with Crippen LogP contribution in [0.4, 0.5) is 15.3 Å². The Morgan fingerprint density at radius 1 is 1.23 bits per heavy atom. The zero-order valence-corrected chi connectivity index (χ0v) is 14.6. The monoisotopic (exact) mass is 365 g/mol. The summed E-state index contributed by atoms with van der Waals surface area (Å²) >= 11 is 1.39. The Labute approximate surface area is 153 Å². The highest BCUT2D eigenvalue weighted by Crippen LogP contribution is 2.20. The summed E-state index contributed by atoms with van der Waals surface area (Å²) in [4.78, 5) is 4.08. The molecule has 26 heavy (non-hydrogen) atoms. The second-order valence-corrected chi connectivity index (χ2v) is 6.66. The van der Waals surface area contributed by atoms with E-state index < -0.39 is 0 Å². The second kappa shape index (κ2) is 6.97. The van der Waals surface area contributed by atoms with E-state index >= 15 is 0 Å². The topological polar surface area (TPSA) is 68.2 Å². The third kappa shape index (κ3) is 3.43. The molecule has 4 aromatic rings. The summed E-state index contributed by atoms with van der Waals surface area (Å²) in [6.07, 6.45) is 3.69. The predicted molar refractivity (Wildman–Crippen MR) is 105 cm³/mol. The molecular formula is C19H16FN5S. The molecule has 0 amide bonds. The quantitative estimate of drug-likeness (QED) is 0.409. The Kier molecular flexibility index (Phi) is 4.37. The number of anilines is 2. The predicted octanol–water partition coefficient (Wildman–Crippen LogP) is 4.31. The van der Waals surface area contributed by atoms with Gasteiger partial charge in [0.25, 0.3) is 0 Å². The van der Waals surface area contributed by atoms with Crippen LogP contribution >= 0.6 is 11.3 Å². The van der Waals surface area contributed by atoms with E-state index in [0.717, 1.165) is 16.5 Å². The molecule has 0 spiro atoms. The number of hydrogen-bond donors (Lipinski definition) is 2. The Morgan fingerprint density at radius 3 is 2.92 bits per heavy atom. The number of benzene rings is 2. The fraction of sp³-hybridized carbons (Fsp3) is 0.0526. The van der Waals surface area contributed by atoms with Crippen LogP contribution in [0.15, 0.2) is 65.2 Å². The van der Waals surface area contributed by atoms with Crippen LogP contribution in [-0.2, 0) is 6.54 Å². The fourth-order valence-electron chi connectivity index (χ4n) is 2.73. The van der Waals surface area contributed by atoms with Gasteiger partial charge in [-0.25, -0.2) is 9.37 Å². The van der Waals surface area contributed by atoms with Crippen LogP contribution in [0.1, 0.15) is 11.1 Å². The zero-order chi connectivity index (χ0) is 17.9. The van der Waals surface area contributed by atoms with Gasteiger partial charge in [0, 0.05) is 22.7 Å². The first kappa shape index (κ1) is 16.3. The van der Waals surface area contributed by atoms with Crippen LogP contribution in [0.3, 0.4) is 0 Å². The van der Waals surface area contributed by atoms with Gasteiger partial charge in [-0.1, -0.05) is 30.3 Å². The van der Waals surface area contributed by atoms with Gasteiger partial charge in [0.1, 0.15) is 11.6 Å². The Bertz CT molecular complexity index is 1080. The summed E-state index contributed by atoms with van der Waals surface area (Å²) in [6.45, 7) is 0.480. The maximum absolute atomic E-state index is 13.9. The van der Waals surface area contributed by atoms with Crippen molar-refractivity contribution in [3.05, 3.63) is 77.1 Å². The number of nitrogens with two attached hydrogens (primary N) is 1. The Balaban J connectivity index is 1.57. The average Bonchev–Trinajstić information content (AvgIpc) is 3.23. The van der Waals surface area contributed by atoms with E-state index in [4.69, 9.17) is 5.73 Å². The third-order valence-corrected chi connectivity index (χ3v) is 4.76. The molecule has 2 aromatic carbocycles. The van der Waals surface area contributed by atoms with Crippen LogP contribution in [0.5, 0.6) is 0 Å². The SMILES string of the molecule is Nc1csc(NN=Cc2ccc3ccn(Cc4ccccc4F)c3c2)n1. The third-order valence-electron chi connectivity index (χ3n) is 3.99.